The Morgan fingerprint density at radius 1 is 0.821 bits per heavy atom. The second-order valence-corrected chi connectivity index (χ2v) is 8.76. The first-order chi connectivity index (χ1) is 13.8. The van der Waals surface area contributed by atoms with E-state index in [4.69, 9.17) is 4.74 Å². The predicted octanol–water partition coefficient (Wildman–Crippen LogP) is 8.67. The molecule has 0 aromatic heterocycles. The molecule has 1 aliphatic rings. The molecule has 1 aromatic carbocycles. The number of unbranched alkanes of at least 4 members (excludes halogenated alkanes) is 7. The van der Waals surface area contributed by atoms with Gasteiger partial charge < -0.3 is 4.74 Å². The molecule has 0 spiro atoms. The van der Waals surface area contributed by atoms with Crippen LogP contribution in [0.4, 0.5) is 0 Å². The molecule has 1 heteroatoms. The zero-order chi connectivity index (χ0) is 19.9. The highest BCUT2D eigenvalue weighted by molar-refractivity contribution is 5.28. The molecular formula is C27H44O. The summed E-state index contributed by atoms with van der Waals surface area (Å²) in [5.41, 5.74) is 3.13. The Morgan fingerprint density at radius 3 is 2.21 bits per heavy atom. The van der Waals surface area contributed by atoms with Crippen LogP contribution in [0.2, 0.25) is 0 Å². The van der Waals surface area contributed by atoms with E-state index in [1.165, 1.54) is 95.5 Å². The van der Waals surface area contributed by atoms with Crippen LogP contribution in [0.15, 0.2) is 35.9 Å². The monoisotopic (exact) mass is 384 g/mol. The minimum atomic E-state index is 0.836. The third-order valence-corrected chi connectivity index (χ3v) is 6.25. The second kappa shape index (κ2) is 14.7. The van der Waals surface area contributed by atoms with Gasteiger partial charge in [-0.2, -0.15) is 0 Å². The molecule has 0 bridgehead atoms. The van der Waals surface area contributed by atoms with Gasteiger partial charge in [0.1, 0.15) is 5.75 Å². The molecule has 0 aliphatic heterocycles. The van der Waals surface area contributed by atoms with Crippen LogP contribution in [0.3, 0.4) is 0 Å². The van der Waals surface area contributed by atoms with Crippen molar-refractivity contribution in [3.8, 4) is 5.75 Å². The molecule has 1 aromatic rings. The van der Waals surface area contributed by atoms with Gasteiger partial charge in [-0.1, -0.05) is 95.4 Å². The summed E-state index contributed by atoms with van der Waals surface area (Å²) in [6.07, 6.45) is 22.9. The van der Waals surface area contributed by atoms with Gasteiger partial charge in [-0.3, -0.25) is 0 Å². The summed E-state index contributed by atoms with van der Waals surface area (Å²) in [5.74, 6) is 1.97. The third kappa shape index (κ3) is 9.80. The molecule has 0 saturated carbocycles. The fraction of sp³-hybridized carbons (Fsp3) is 0.704. The minimum Gasteiger partial charge on any atom is -0.494 e. The predicted molar refractivity (Wildman–Crippen MR) is 123 cm³/mol. The Labute approximate surface area is 175 Å². The van der Waals surface area contributed by atoms with Gasteiger partial charge >= 0.3 is 0 Å². The van der Waals surface area contributed by atoms with Crippen molar-refractivity contribution in [3.63, 3.8) is 0 Å². The van der Waals surface area contributed by atoms with Crippen LogP contribution in [0.1, 0.15) is 109 Å². The lowest BCUT2D eigenvalue weighted by Crippen LogP contribution is -2.06. The van der Waals surface area contributed by atoms with E-state index in [0.717, 1.165) is 24.7 Å². The number of allylic oxidation sites excluding steroid dienone is 2. The van der Waals surface area contributed by atoms with Gasteiger partial charge in [0, 0.05) is 0 Å². The van der Waals surface area contributed by atoms with Gasteiger partial charge in [-0.05, 0) is 62.1 Å². The summed E-state index contributed by atoms with van der Waals surface area (Å²) >= 11 is 0. The SMILES string of the molecule is CCCCCCCCCC1CC=C(CCc2ccc(OCCCC)cc2)CC1. The third-order valence-electron chi connectivity index (χ3n) is 6.25. The molecule has 0 heterocycles. The first kappa shape index (κ1) is 23.0. The van der Waals surface area contributed by atoms with Gasteiger partial charge in [0.2, 0.25) is 0 Å². The van der Waals surface area contributed by atoms with E-state index in [1.807, 2.05) is 0 Å². The first-order valence-electron chi connectivity index (χ1n) is 12.2. The summed E-state index contributed by atoms with van der Waals surface area (Å²) in [5, 5.41) is 0. The lowest BCUT2D eigenvalue weighted by molar-refractivity contribution is 0.309. The largest absolute Gasteiger partial charge is 0.494 e. The van der Waals surface area contributed by atoms with Crippen LogP contribution in [-0.2, 0) is 6.42 Å². The van der Waals surface area contributed by atoms with E-state index in [-0.39, 0.29) is 0 Å². The lowest BCUT2D eigenvalue weighted by Gasteiger charge is -2.22. The van der Waals surface area contributed by atoms with Crippen LogP contribution in [0.25, 0.3) is 0 Å². The summed E-state index contributed by atoms with van der Waals surface area (Å²) in [7, 11) is 0. The second-order valence-electron chi connectivity index (χ2n) is 8.76. The van der Waals surface area contributed by atoms with Crippen molar-refractivity contribution in [2.45, 2.75) is 110 Å². The van der Waals surface area contributed by atoms with Crippen molar-refractivity contribution in [2.75, 3.05) is 6.61 Å². The molecule has 1 nitrogen and oxygen atoms in total. The minimum absolute atomic E-state index is 0.836. The van der Waals surface area contributed by atoms with E-state index >= 15 is 0 Å². The Bertz CT molecular complexity index is 528. The molecular weight excluding hydrogens is 340 g/mol. The van der Waals surface area contributed by atoms with Gasteiger partial charge in [0.05, 0.1) is 6.61 Å². The quantitative estimate of drug-likeness (QED) is 0.217. The molecule has 0 radical (unpaired) electrons. The number of aryl methyl sites for hydroxylation is 1. The van der Waals surface area contributed by atoms with Crippen molar-refractivity contribution in [2.24, 2.45) is 5.92 Å². The molecule has 1 atom stereocenters. The maximum Gasteiger partial charge on any atom is 0.119 e. The van der Waals surface area contributed by atoms with Gasteiger partial charge in [-0.15, -0.1) is 0 Å². The molecule has 0 fully saturated rings. The Hall–Kier alpha value is -1.24. The molecule has 1 unspecified atom stereocenters. The van der Waals surface area contributed by atoms with Crippen molar-refractivity contribution in [3.05, 3.63) is 41.5 Å². The van der Waals surface area contributed by atoms with E-state index in [2.05, 4.69) is 44.2 Å². The van der Waals surface area contributed by atoms with Crippen LogP contribution in [-0.4, -0.2) is 6.61 Å². The Morgan fingerprint density at radius 2 is 1.54 bits per heavy atom. The normalized spacial score (nSPS) is 16.8. The summed E-state index contributed by atoms with van der Waals surface area (Å²) in [6, 6.07) is 8.76. The van der Waals surface area contributed by atoms with Crippen molar-refractivity contribution >= 4 is 0 Å². The van der Waals surface area contributed by atoms with Gasteiger partial charge in [-0.25, -0.2) is 0 Å². The maximum absolute atomic E-state index is 5.76. The zero-order valence-electron chi connectivity index (χ0n) is 18.7. The first-order valence-corrected chi connectivity index (χ1v) is 12.2. The fourth-order valence-electron chi connectivity index (χ4n) is 4.21. The highest BCUT2D eigenvalue weighted by atomic mass is 16.5. The summed E-state index contributed by atoms with van der Waals surface area (Å²) in [6.45, 7) is 5.33. The van der Waals surface area contributed by atoms with E-state index < -0.39 is 0 Å². The van der Waals surface area contributed by atoms with E-state index in [1.54, 1.807) is 5.57 Å². The standard InChI is InChI=1S/C27H44O/c1-3-5-7-8-9-10-11-12-24-13-15-25(16-14-24)17-18-26-19-21-27(22-20-26)28-23-6-4-2/h15,19-22,24H,3-14,16-18,23H2,1-2H3. The molecule has 28 heavy (non-hydrogen) atoms. The number of ether oxygens (including phenoxy) is 1. The number of rotatable bonds is 15. The van der Waals surface area contributed by atoms with Crippen molar-refractivity contribution in [1.29, 1.82) is 0 Å². The average molecular weight is 385 g/mol. The van der Waals surface area contributed by atoms with Gasteiger partial charge in [0.15, 0.2) is 0 Å². The van der Waals surface area contributed by atoms with E-state index in [0.29, 0.717) is 0 Å². The van der Waals surface area contributed by atoms with Crippen LogP contribution in [0.5, 0.6) is 5.75 Å². The molecule has 0 saturated heterocycles. The lowest BCUT2D eigenvalue weighted by atomic mass is 9.84. The molecule has 0 N–H and O–H groups in total. The van der Waals surface area contributed by atoms with Crippen molar-refractivity contribution in [1.82, 2.24) is 0 Å². The summed E-state index contributed by atoms with van der Waals surface area (Å²) < 4.78 is 5.76. The van der Waals surface area contributed by atoms with Crippen LogP contribution >= 0.6 is 0 Å². The zero-order valence-corrected chi connectivity index (χ0v) is 18.7. The fourth-order valence-corrected chi connectivity index (χ4v) is 4.21. The van der Waals surface area contributed by atoms with Crippen molar-refractivity contribution < 1.29 is 4.74 Å². The Kier molecular flexibility index (Phi) is 12.1. The highest BCUT2D eigenvalue weighted by Crippen LogP contribution is 2.30. The van der Waals surface area contributed by atoms with Crippen LogP contribution < -0.4 is 4.74 Å². The maximum atomic E-state index is 5.76. The smallest absolute Gasteiger partial charge is 0.119 e. The highest BCUT2D eigenvalue weighted by Gasteiger charge is 2.14. The average Bonchev–Trinajstić information content (AvgIpc) is 2.73. The number of hydrogen-bond donors (Lipinski definition) is 0. The Balaban J connectivity index is 1.57. The van der Waals surface area contributed by atoms with Gasteiger partial charge in [0.25, 0.3) is 0 Å². The molecule has 0 amide bonds. The van der Waals surface area contributed by atoms with Crippen LogP contribution in [0, 0.1) is 5.92 Å². The molecule has 2 rings (SSSR count). The molecule has 158 valence electrons. The molecule has 1 aliphatic carbocycles. The number of hydrogen-bond acceptors (Lipinski definition) is 1. The topological polar surface area (TPSA) is 9.23 Å². The number of benzene rings is 1. The summed E-state index contributed by atoms with van der Waals surface area (Å²) in [4.78, 5) is 0. The van der Waals surface area contributed by atoms with E-state index in [9.17, 15) is 0 Å².